The molecule has 2 rings (SSSR count). The molecule has 0 aromatic rings. The van der Waals surface area contributed by atoms with Crippen LogP contribution in [0.1, 0.15) is 33.1 Å². The first-order valence-electron chi connectivity index (χ1n) is 6.65. The smallest absolute Gasteiger partial charge is 0.172 e. The molecule has 4 heteroatoms. The summed E-state index contributed by atoms with van der Waals surface area (Å²) in [7, 11) is 0. The fourth-order valence-electron chi connectivity index (χ4n) is 2.41. The topological polar surface area (TPSA) is 44.8 Å². The third-order valence-corrected chi connectivity index (χ3v) is 3.92. The Balaban J connectivity index is 1.83. The van der Waals surface area contributed by atoms with Crippen molar-refractivity contribution in [2.75, 3.05) is 19.8 Å². The molecule has 2 aliphatic heterocycles. The lowest BCUT2D eigenvalue weighted by molar-refractivity contribution is -0.297. The Morgan fingerprint density at radius 2 is 2.22 bits per heavy atom. The number of hydrogen-bond donors (Lipinski definition) is 0. The summed E-state index contributed by atoms with van der Waals surface area (Å²) in [6.45, 7) is 9.36. The first-order valence-corrected chi connectivity index (χ1v) is 6.65. The van der Waals surface area contributed by atoms with E-state index in [2.05, 4.69) is 6.58 Å². The van der Waals surface area contributed by atoms with Gasteiger partial charge in [0.1, 0.15) is 5.41 Å². The molecule has 2 saturated heterocycles. The quantitative estimate of drug-likeness (QED) is 0.652. The van der Waals surface area contributed by atoms with E-state index in [-0.39, 0.29) is 5.78 Å². The Bertz CT molecular complexity index is 331. The highest BCUT2D eigenvalue weighted by Crippen LogP contribution is 2.41. The van der Waals surface area contributed by atoms with E-state index in [1.54, 1.807) is 6.92 Å². The molecular formula is C14H22O4. The van der Waals surface area contributed by atoms with E-state index >= 15 is 0 Å². The Kier molecular flexibility index (Phi) is 4.20. The molecule has 2 aliphatic rings. The monoisotopic (exact) mass is 254 g/mol. The van der Waals surface area contributed by atoms with Gasteiger partial charge in [-0.3, -0.25) is 4.79 Å². The van der Waals surface area contributed by atoms with E-state index in [0.29, 0.717) is 24.9 Å². The first-order chi connectivity index (χ1) is 8.60. The second kappa shape index (κ2) is 5.51. The standard InChI is InChI=1S/C14H22O4/c1-4-14(12(15)10(2)3)9-18-13(14)17-8-6-11-5-7-16-11/h11,13H,2,4-9H2,1,3H3. The SMILES string of the molecule is C=C(C)C(=O)C1(CC)COC1OCCC1CCO1. The van der Waals surface area contributed by atoms with Gasteiger partial charge in [0.2, 0.25) is 0 Å². The van der Waals surface area contributed by atoms with Crippen molar-refractivity contribution in [2.24, 2.45) is 5.41 Å². The highest BCUT2D eigenvalue weighted by Gasteiger charge is 2.53. The molecule has 0 amide bonds. The van der Waals surface area contributed by atoms with Crippen molar-refractivity contribution in [3.8, 4) is 0 Å². The van der Waals surface area contributed by atoms with Gasteiger partial charge >= 0.3 is 0 Å². The van der Waals surface area contributed by atoms with E-state index in [1.807, 2.05) is 6.92 Å². The summed E-state index contributed by atoms with van der Waals surface area (Å²) in [6, 6.07) is 0. The van der Waals surface area contributed by atoms with Crippen molar-refractivity contribution in [3.63, 3.8) is 0 Å². The predicted octanol–water partition coefficient (Wildman–Crippen LogP) is 2.08. The minimum absolute atomic E-state index is 0.0705. The molecule has 0 bridgehead atoms. The fraction of sp³-hybridized carbons (Fsp3) is 0.786. The van der Waals surface area contributed by atoms with Crippen molar-refractivity contribution in [1.29, 1.82) is 0 Å². The van der Waals surface area contributed by atoms with Crippen LogP contribution >= 0.6 is 0 Å². The zero-order valence-corrected chi connectivity index (χ0v) is 11.2. The lowest BCUT2D eigenvalue weighted by atomic mass is 9.75. The minimum Gasteiger partial charge on any atom is -0.378 e. The molecule has 18 heavy (non-hydrogen) atoms. The van der Waals surface area contributed by atoms with Crippen molar-refractivity contribution in [1.82, 2.24) is 0 Å². The van der Waals surface area contributed by atoms with Gasteiger partial charge in [-0.05, 0) is 31.8 Å². The molecule has 2 fully saturated rings. The molecule has 3 atom stereocenters. The highest BCUT2D eigenvalue weighted by atomic mass is 16.7. The van der Waals surface area contributed by atoms with Crippen LogP contribution in [0.3, 0.4) is 0 Å². The molecular weight excluding hydrogens is 232 g/mol. The third-order valence-electron chi connectivity index (χ3n) is 3.92. The maximum Gasteiger partial charge on any atom is 0.172 e. The molecule has 4 nitrogen and oxygen atoms in total. The summed E-state index contributed by atoms with van der Waals surface area (Å²) in [4.78, 5) is 12.2. The van der Waals surface area contributed by atoms with Crippen LogP contribution in [0.2, 0.25) is 0 Å². The molecule has 0 aliphatic carbocycles. The second-order valence-electron chi connectivity index (χ2n) is 5.20. The lowest BCUT2D eigenvalue weighted by Gasteiger charge is -2.47. The van der Waals surface area contributed by atoms with Crippen molar-refractivity contribution in [3.05, 3.63) is 12.2 Å². The summed E-state index contributed by atoms with van der Waals surface area (Å²) >= 11 is 0. The van der Waals surface area contributed by atoms with Crippen LogP contribution in [0, 0.1) is 5.41 Å². The maximum absolute atomic E-state index is 12.2. The third kappa shape index (κ3) is 2.37. The highest BCUT2D eigenvalue weighted by molar-refractivity contribution is 5.99. The van der Waals surface area contributed by atoms with Crippen LogP contribution in [0.5, 0.6) is 0 Å². The average molecular weight is 254 g/mol. The Morgan fingerprint density at radius 3 is 2.61 bits per heavy atom. The molecule has 2 heterocycles. The van der Waals surface area contributed by atoms with Crippen molar-refractivity contribution in [2.45, 2.75) is 45.5 Å². The summed E-state index contributed by atoms with van der Waals surface area (Å²) in [6.07, 6.45) is 2.63. The molecule has 3 unspecified atom stereocenters. The second-order valence-corrected chi connectivity index (χ2v) is 5.20. The summed E-state index contributed by atoms with van der Waals surface area (Å²) in [5.74, 6) is 0.0705. The zero-order valence-electron chi connectivity index (χ0n) is 11.2. The van der Waals surface area contributed by atoms with E-state index in [0.717, 1.165) is 25.9 Å². The van der Waals surface area contributed by atoms with Gasteiger partial charge in [-0.1, -0.05) is 13.5 Å². The summed E-state index contributed by atoms with van der Waals surface area (Å²) in [5, 5.41) is 0. The van der Waals surface area contributed by atoms with Gasteiger partial charge in [0.05, 0.1) is 19.3 Å². The van der Waals surface area contributed by atoms with Crippen LogP contribution in [0.15, 0.2) is 12.2 Å². The van der Waals surface area contributed by atoms with E-state index in [4.69, 9.17) is 14.2 Å². The number of ether oxygens (including phenoxy) is 3. The molecule has 0 aromatic heterocycles. The number of rotatable bonds is 7. The molecule has 0 N–H and O–H groups in total. The van der Waals surface area contributed by atoms with Crippen LogP contribution in [0.25, 0.3) is 0 Å². The lowest BCUT2D eigenvalue weighted by Crippen LogP contribution is -2.58. The largest absolute Gasteiger partial charge is 0.378 e. The zero-order chi connectivity index (χ0) is 13.2. The van der Waals surface area contributed by atoms with Crippen LogP contribution in [0.4, 0.5) is 0 Å². The molecule has 102 valence electrons. The van der Waals surface area contributed by atoms with Gasteiger partial charge < -0.3 is 14.2 Å². The summed E-state index contributed by atoms with van der Waals surface area (Å²) in [5.41, 5.74) is 0.0721. The van der Waals surface area contributed by atoms with Gasteiger partial charge in [-0.25, -0.2) is 0 Å². The van der Waals surface area contributed by atoms with Crippen molar-refractivity contribution < 1.29 is 19.0 Å². The molecule has 0 aromatic carbocycles. The van der Waals surface area contributed by atoms with E-state index in [1.165, 1.54) is 0 Å². The number of ketones is 1. The Morgan fingerprint density at radius 1 is 1.50 bits per heavy atom. The van der Waals surface area contributed by atoms with Crippen molar-refractivity contribution >= 4 is 5.78 Å². The number of Topliss-reactive ketones (excluding diaryl/α,β-unsaturated/α-hetero) is 1. The van der Waals surface area contributed by atoms with E-state index < -0.39 is 11.7 Å². The Hall–Kier alpha value is -0.710. The van der Waals surface area contributed by atoms with Crippen LogP contribution < -0.4 is 0 Å². The average Bonchev–Trinajstić information content (AvgIpc) is 2.26. The van der Waals surface area contributed by atoms with Gasteiger partial charge in [0, 0.05) is 6.61 Å². The van der Waals surface area contributed by atoms with Gasteiger partial charge in [0.25, 0.3) is 0 Å². The fourth-order valence-corrected chi connectivity index (χ4v) is 2.41. The van der Waals surface area contributed by atoms with Crippen LogP contribution in [-0.4, -0.2) is 38.0 Å². The minimum atomic E-state index is -0.508. The number of carbonyl (C=O) groups excluding carboxylic acids is 1. The number of carbonyl (C=O) groups is 1. The van der Waals surface area contributed by atoms with Gasteiger partial charge in [0.15, 0.2) is 12.1 Å². The van der Waals surface area contributed by atoms with Crippen LogP contribution in [-0.2, 0) is 19.0 Å². The predicted molar refractivity (Wildman–Crippen MR) is 67.2 cm³/mol. The molecule has 0 saturated carbocycles. The first kappa shape index (κ1) is 13.7. The molecule has 0 radical (unpaired) electrons. The van der Waals surface area contributed by atoms with E-state index in [9.17, 15) is 4.79 Å². The maximum atomic E-state index is 12.2. The number of allylic oxidation sites excluding steroid dienone is 1. The molecule has 0 spiro atoms. The Labute approximate surface area is 108 Å². The normalized spacial score (nSPS) is 34.6. The van der Waals surface area contributed by atoms with Gasteiger partial charge in [-0.2, -0.15) is 0 Å². The summed E-state index contributed by atoms with van der Waals surface area (Å²) < 4.78 is 16.4. The number of hydrogen-bond acceptors (Lipinski definition) is 4. The van der Waals surface area contributed by atoms with Gasteiger partial charge in [-0.15, -0.1) is 0 Å².